The van der Waals surface area contributed by atoms with E-state index in [9.17, 15) is 0 Å². The van der Waals surface area contributed by atoms with E-state index >= 15 is 0 Å². The summed E-state index contributed by atoms with van der Waals surface area (Å²) in [4.78, 5) is 3.63. The van der Waals surface area contributed by atoms with Crippen LogP contribution in [0.4, 0.5) is 0 Å². The van der Waals surface area contributed by atoms with Crippen molar-refractivity contribution >= 4 is 21.4 Å². The average Bonchev–Trinajstić information content (AvgIpc) is 1.87. The van der Waals surface area contributed by atoms with Gasteiger partial charge in [0, 0.05) is 11.8 Å². The summed E-state index contributed by atoms with van der Waals surface area (Å²) in [7, 11) is 10.3. The lowest BCUT2D eigenvalue weighted by Crippen LogP contribution is -2.00. The second-order valence-corrected chi connectivity index (χ2v) is 1.25. The molecule has 0 fully saturated rings. The molecule has 1 rings (SSSR count). The van der Waals surface area contributed by atoms with Gasteiger partial charge in [-0.1, -0.05) is 0 Å². The van der Waals surface area contributed by atoms with E-state index in [1.807, 2.05) is 0 Å². The molecule has 4 heteroatoms. The van der Waals surface area contributed by atoms with Crippen LogP contribution in [0.2, 0.25) is 0 Å². The minimum Gasteiger partial charge on any atom is -0.394 e. The first-order valence-corrected chi connectivity index (χ1v) is 1.83. The summed E-state index contributed by atoms with van der Waals surface area (Å²) in [5.74, 6) is 0. The molecule has 0 saturated heterocycles. The highest BCUT2D eigenvalue weighted by atomic mass is 14.9. The Labute approximate surface area is 44.4 Å². The topological polar surface area (TPSA) is 17.8 Å². The van der Waals surface area contributed by atoms with Crippen LogP contribution < -0.4 is 5.59 Å². The zero-order valence-electron chi connectivity index (χ0n) is 3.70. The van der Waals surface area contributed by atoms with Crippen molar-refractivity contribution in [3.8, 4) is 0 Å². The first-order chi connectivity index (χ1) is 3.29. The molecule has 1 aromatic rings. The molecule has 0 aromatic carbocycles. The normalized spacial score (nSPS) is 9.14. The number of hydrogen-bond acceptors (Lipinski definition) is 1. The van der Waals surface area contributed by atoms with Crippen molar-refractivity contribution in [2.45, 2.75) is 0 Å². The van der Waals surface area contributed by atoms with E-state index in [1.54, 1.807) is 0 Å². The van der Waals surface area contributed by atoms with Gasteiger partial charge >= 0.3 is 0 Å². The van der Waals surface area contributed by atoms with Gasteiger partial charge in [0.25, 0.3) is 0 Å². The molecule has 0 spiro atoms. The van der Waals surface area contributed by atoms with Gasteiger partial charge in [-0.05, 0) is 0 Å². The number of hydrogen-bond donors (Lipinski definition) is 0. The molecule has 0 aliphatic rings. The predicted molar refractivity (Wildman–Crippen MR) is 28.8 cm³/mol. The van der Waals surface area contributed by atoms with Gasteiger partial charge in [0.05, 0.1) is 6.33 Å². The van der Waals surface area contributed by atoms with Crippen molar-refractivity contribution in [1.82, 2.24) is 9.46 Å². The van der Waals surface area contributed by atoms with Crippen LogP contribution in [0.15, 0.2) is 12.5 Å². The molecular formula is C3H2B2N2. The van der Waals surface area contributed by atoms with Crippen LogP contribution in [0.3, 0.4) is 0 Å². The minimum absolute atomic E-state index is 0.447. The Morgan fingerprint density at radius 2 is 2.43 bits per heavy atom. The Morgan fingerprint density at radius 3 is 2.57 bits per heavy atom. The maximum atomic E-state index is 5.17. The highest BCUT2D eigenvalue weighted by Gasteiger charge is 1.81. The predicted octanol–water partition coefficient (Wildman–Crippen LogP) is -1.39. The number of imidazole rings is 1. The van der Waals surface area contributed by atoms with Gasteiger partial charge in [0.1, 0.15) is 7.85 Å². The quantitative estimate of drug-likeness (QED) is 0.357. The molecule has 7 heavy (non-hydrogen) atoms. The fraction of sp³-hybridized carbons (Fsp3) is 0. The first kappa shape index (κ1) is 4.50. The second-order valence-electron chi connectivity index (χ2n) is 1.25. The van der Waals surface area contributed by atoms with Gasteiger partial charge in [-0.15, -0.1) is 0 Å². The zero-order chi connectivity index (χ0) is 5.28. The van der Waals surface area contributed by atoms with Gasteiger partial charge in [-0.2, -0.15) is 0 Å². The molecule has 4 radical (unpaired) electrons. The molecule has 0 amide bonds. The van der Waals surface area contributed by atoms with E-state index in [1.165, 1.54) is 17.0 Å². The van der Waals surface area contributed by atoms with Crippen LogP contribution in [0.25, 0.3) is 0 Å². The molecule has 0 atom stereocenters. The van der Waals surface area contributed by atoms with E-state index in [4.69, 9.17) is 15.8 Å². The average molecular weight is 87.7 g/mol. The number of rotatable bonds is 0. The summed E-state index contributed by atoms with van der Waals surface area (Å²) in [6.07, 6.45) is 2.97. The number of nitrogens with zero attached hydrogens (tertiary/aromatic N) is 2. The molecule has 0 aliphatic carbocycles. The molecule has 1 heterocycles. The third kappa shape index (κ3) is 0.856. The molecule has 0 N–H and O–H groups in total. The van der Waals surface area contributed by atoms with Crippen molar-refractivity contribution < 1.29 is 0 Å². The van der Waals surface area contributed by atoms with Crippen molar-refractivity contribution in [1.29, 1.82) is 0 Å². The standard InChI is InChI=1S/C3H2B2N2/c4-3-1-7(5)2-6-3/h1-2H. The largest absolute Gasteiger partial charge is 0.394 e. The highest BCUT2D eigenvalue weighted by Crippen LogP contribution is 1.68. The molecule has 0 unspecified atom stereocenters. The lowest BCUT2D eigenvalue weighted by molar-refractivity contribution is 1.21. The SMILES string of the molecule is [B]c1cn([B])cn1. The Hall–Kier alpha value is -0.660. The maximum absolute atomic E-state index is 5.17. The fourth-order valence-corrected chi connectivity index (χ4v) is 0.353. The molecule has 0 bridgehead atoms. The van der Waals surface area contributed by atoms with Crippen LogP contribution in [0.5, 0.6) is 0 Å². The van der Waals surface area contributed by atoms with Crippen LogP contribution in [-0.4, -0.2) is 25.3 Å². The molecule has 0 aliphatic heterocycles. The van der Waals surface area contributed by atoms with Crippen molar-refractivity contribution in [2.24, 2.45) is 0 Å². The molecule has 0 saturated carbocycles. The summed E-state index contributed by atoms with van der Waals surface area (Å²) in [5, 5.41) is 0. The molecular weight excluding hydrogens is 85.7 g/mol. The molecule has 1 aromatic heterocycles. The smallest absolute Gasteiger partial charge is 0.235 e. The third-order valence-electron chi connectivity index (χ3n) is 0.621. The lowest BCUT2D eigenvalue weighted by atomic mass is 10.1. The van der Waals surface area contributed by atoms with Gasteiger partial charge in [-0.25, -0.2) is 0 Å². The number of aromatic nitrogens is 2. The summed E-state index contributed by atoms with van der Waals surface area (Å²) in [6.45, 7) is 0. The third-order valence-corrected chi connectivity index (χ3v) is 0.621. The monoisotopic (exact) mass is 88.0 g/mol. The van der Waals surface area contributed by atoms with Gasteiger partial charge in [-0.3, -0.25) is 4.98 Å². The van der Waals surface area contributed by atoms with Crippen LogP contribution in [0.1, 0.15) is 0 Å². The van der Waals surface area contributed by atoms with Crippen LogP contribution >= 0.6 is 0 Å². The van der Waals surface area contributed by atoms with Crippen molar-refractivity contribution in [3.63, 3.8) is 0 Å². The first-order valence-electron chi connectivity index (χ1n) is 1.83. The zero-order valence-corrected chi connectivity index (χ0v) is 3.70. The van der Waals surface area contributed by atoms with E-state index in [2.05, 4.69) is 4.98 Å². The highest BCUT2D eigenvalue weighted by molar-refractivity contribution is 6.30. The summed E-state index contributed by atoms with van der Waals surface area (Å²) >= 11 is 0. The van der Waals surface area contributed by atoms with Gasteiger partial charge in [0.2, 0.25) is 7.98 Å². The summed E-state index contributed by atoms with van der Waals surface area (Å²) in [5.41, 5.74) is 0.447. The summed E-state index contributed by atoms with van der Waals surface area (Å²) in [6, 6.07) is 0. The van der Waals surface area contributed by atoms with E-state index in [0.29, 0.717) is 5.59 Å². The van der Waals surface area contributed by atoms with Gasteiger partial charge < -0.3 is 4.48 Å². The summed E-state index contributed by atoms with van der Waals surface area (Å²) < 4.78 is 1.30. The maximum Gasteiger partial charge on any atom is 0.235 e. The Balaban J connectivity index is 3.04. The Morgan fingerprint density at radius 1 is 1.71 bits per heavy atom. The molecule has 30 valence electrons. The van der Waals surface area contributed by atoms with Crippen molar-refractivity contribution in [2.75, 3.05) is 0 Å². The second kappa shape index (κ2) is 1.45. The van der Waals surface area contributed by atoms with E-state index in [-0.39, 0.29) is 0 Å². The van der Waals surface area contributed by atoms with Gasteiger partial charge in [0.15, 0.2) is 0 Å². The van der Waals surface area contributed by atoms with Crippen molar-refractivity contribution in [3.05, 3.63) is 12.5 Å². The minimum atomic E-state index is 0.447. The fourth-order valence-electron chi connectivity index (χ4n) is 0.353. The van der Waals surface area contributed by atoms with E-state index in [0.717, 1.165) is 0 Å². The van der Waals surface area contributed by atoms with Crippen LogP contribution in [0, 0.1) is 0 Å². The Kier molecular flexibility index (Phi) is 0.929. The van der Waals surface area contributed by atoms with E-state index < -0.39 is 0 Å². The lowest BCUT2D eigenvalue weighted by Gasteiger charge is -1.78. The molecule has 2 nitrogen and oxygen atoms in total. The Bertz CT molecular complexity index is 143. The van der Waals surface area contributed by atoms with Crippen LogP contribution in [-0.2, 0) is 0 Å².